The van der Waals surface area contributed by atoms with Crippen molar-refractivity contribution < 1.29 is 9.53 Å². The summed E-state index contributed by atoms with van der Waals surface area (Å²) in [5.74, 6) is 0.780. The number of aryl methyl sites for hydroxylation is 2. The van der Waals surface area contributed by atoms with Crippen molar-refractivity contribution in [1.82, 2.24) is 9.78 Å². The van der Waals surface area contributed by atoms with Gasteiger partial charge in [-0.05, 0) is 30.2 Å². The SMILES string of the molecule is COc1ccc(Br)c(C(=O)CCc2cnn(C)c2)c1. The van der Waals surface area contributed by atoms with Gasteiger partial charge < -0.3 is 4.74 Å². The Bertz CT molecular complexity index is 593. The summed E-state index contributed by atoms with van der Waals surface area (Å²) in [6.07, 6.45) is 4.86. The Morgan fingerprint density at radius 1 is 1.47 bits per heavy atom. The predicted octanol–water partition coefficient (Wildman–Crippen LogP) is 3.01. The van der Waals surface area contributed by atoms with Gasteiger partial charge in [0.25, 0.3) is 0 Å². The Labute approximate surface area is 120 Å². The van der Waals surface area contributed by atoms with Crippen LogP contribution in [-0.2, 0) is 13.5 Å². The minimum Gasteiger partial charge on any atom is -0.497 e. The molecule has 0 aliphatic rings. The van der Waals surface area contributed by atoms with Crippen molar-refractivity contribution in [3.05, 3.63) is 46.2 Å². The van der Waals surface area contributed by atoms with Gasteiger partial charge in [-0.3, -0.25) is 9.48 Å². The standard InChI is InChI=1S/C14H15BrN2O2/c1-17-9-10(8-16-17)3-6-14(18)12-7-11(19-2)4-5-13(12)15/h4-5,7-9H,3,6H2,1-2H3. The molecule has 1 aromatic carbocycles. The fourth-order valence-electron chi connectivity index (χ4n) is 1.84. The van der Waals surface area contributed by atoms with E-state index >= 15 is 0 Å². The first-order valence-corrected chi connectivity index (χ1v) is 6.73. The molecule has 0 saturated carbocycles. The molecule has 0 unspecified atom stereocenters. The molecule has 1 heterocycles. The number of carbonyl (C=O) groups excluding carboxylic acids is 1. The van der Waals surface area contributed by atoms with Gasteiger partial charge in [-0.1, -0.05) is 15.9 Å². The van der Waals surface area contributed by atoms with Gasteiger partial charge in [-0.2, -0.15) is 5.10 Å². The van der Waals surface area contributed by atoms with Crippen molar-refractivity contribution in [3.63, 3.8) is 0 Å². The van der Waals surface area contributed by atoms with E-state index in [1.807, 2.05) is 25.4 Å². The Kier molecular flexibility index (Phi) is 4.37. The summed E-state index contributed by atoms with van der Waals surface area (Å²) in [6, 6.07) is 5.41. The zero-order chi connectivity index (χ0) is 13.8. The smallest absolute Gasteiger partial charge is 0.164 e. The topological polar surface area (TPSA) is 44.1 Å². The number of methoxy groups -OCH3 is 1. The predicted molar refractivity (Wildman–Crippen MR) is 76.6 cm³/mol. The maximum atomic E-state index is 12.2. The molecule has 0 fully saturated rings. The molecule has 0 N–H and O–H groups in total. The van der Waals surface area contributed by atoms with E-state index in [1.54, 1.807) is 24.1 Å². The van der Waals surface area contributed by atoms with Crippen molar-refractivity contribution in [2.45, 2.75) is 12.8 Å². The molecular formula is C14H15BrN2O2. The molecular weight excluding hydrogens is 308 g/mol. The quantitative estimate of drug-likeness (QED) is 0.795. The van der Waals surface area contributed by atoms with E-state index in [0.29, 0.717) is 24.2 Å². The number of ketones is 1. The third-order valence-corrected chi connectivity index (χ3v) is 3.56. The van der Waals surface area contributed by atoms with Crippen molar-refractivity contribution in [2.75, 3.05) is 7.11 Å². The Morgan fingerprint density at radius 3 is 2.89 bits per heavy atom. The summed E-state index contributed by atoms with van der Waals surface area (Å²) >= 11 is 3.40. The summed E-state index contributed by atoms with van der Waals surface area (Å²) < 4.78 is 7.67. The monoisotopic (exact) mass is 322 g/mol. The lowest BCUT2D eigenvalue weighted by molar-refractivity contribution is 0.0981. The van der Waals surface area contributed by atoms with Gasteiger partial charge in [0.05, 0.1) is 13.3 Å². The average molecular weight is 323 g/mol. The summed E-state index contributed by atoms with van der Waals surface area (Å²) in [4.78, 5) is 12.2. The highest BCUT2D eigenvalue weighted by molar-refractivity contribution is 9.10. The van der Waals surface area contributed by atoms with Gasteiger partial charge in [0.15, 0.2) is 5.78 Å². The van der Waals surface area contributed by atoms with Crippen LogP contribution in [0.2, 0.25) is 0 Å². The van der Waals surface area contributed by atoms with Crippen LogP contribution >= 0.6 is 15.9 Å². The first kappa shape index (κ1) is 13.8. The molecule has 100 valence electrons. The van der Waals surface area contributed by atoms with Gasteiger partial charge in [0.2, 0.25) is 0 Å². The number of carbonyl (C=O) groups is 1. The molecule has 0 aliphatic carbocycles. The number of benzene rings is 1. The maximum Gasteiger partial charge on any atom is 0.164 e. The van der Waals surface area contributed by atoms with E-state index in [9.17, 15) is 4.79 Å². The first-order valence-electron chi connectivity index (χ1n) is 5.94. The number of hydrogen-bond donors (Lipinski definition) is 0. The van der Waals surface area contributed by atoms with E-state index in [4.69, 9.17) is 4.74 Å². The summed E-state index contributed by atoms with van der Waals surface area (Å²) in [6.45, 7) is 0. The molecule has 0 atom stereocenters. The van der Waals surface area contributed by atoms with Crippen LogP contribution in [-0.4, -0.2) is 22.7 Å². The summed E-state index contributed by atoms with van der Waals surface area (Å²) in [7, 11) is 3.46. The largest absolute Gasteiger partial charge is 0.497 e. The highest BCUT2D eigenvalue weighted by atomic mass is 79.9. The Morgan fingerprint density at radius 2 is 2.26 bits per heavy atom. The van der Waals surface area contributed by atoms with Crippen LogP contribution in [0.25, 0.3) is 0 Å². The van der Waals surface area contributed by atoms with Gasteiger partial charge in [0, 0.05) is 29.7 Å². The number of halogens is 1. The van der Waals surface area contributed by atoms with Crippen LogP contribution in [0.4, 0.5) is 0 Å². The fraction of sp³-hybridized carbons (Fsp3) is 0.286. The van der Waals surface area contributed by atoms with Crippen molar-refractivity contribution in [2.24, 2.45) is 7.05 Å². The molecule has 0 spiro atoms. The Hall–Kier alpha value is -1.62. The number of aromatic nitrogens is 2. The number of Topliss-reactive ketones (excluding diaryl/α,β-unsaturated/α-hetero) is 1. The molecule has 19 heavy (non-hydrogen) atoms. The van der Waals surface area contributed by atoms with Crippen LogP contribution < -0.4 is 4.74 Å². The fourth-order valence-corrected chi connectivity index (χ4v) is 2.31. The lowest BCUT2D eigenvalue weighted by Crippen LogP contribution is -2.02. The normalized spacial score (nSPS) is 10.5. The van der Waals surface area contributed by atoms with Crippen molar-refractivity contribution >= 4 is 21.7 Å². The first-order chi connectivity index (χ1) is 9.10. The molecule has 2 aromatic rings. The molecule has 0 radical (unpaired) electrons. The van der Waals surface area contributed by atoms with E-state index in [2.05, 4.69) is 21.0 Å². The minimum atomic E-state index is 0.0922. The molecule has 4 nitrogen and oxygen atoms in total. The number of rotatable bonds is 5. The van der Waals surface area contributed by atoms with Gasteiger partial charge in [-0.15, -0.1) is 0 Å². The molecule has 0 saturated heterocycles. The Balaban J connectivity index is 2.07. The summed E-state index contributed by atoms with van der Waals surface area (Å²) in [5, 5.41) is 4.09. The molecule has 5 heteroatoms. The zero-order valence-corrected chi connectivity index (χ0v) is 12.5. The van der Waals surface area contributed by atoms with E-state index < -0.39 is 0 Å². The molecule has 0 bridgehead atoms. The third-order valence-electron chi connectivity index (χ3n) is 2.87. The summed E-state index contributed by atoms with van der Waals surface area (Å²) in [5.41, 5.74) is 1.72. The van der Waals surface area contributed by atoms with Crippen molar-refractivity contribution in [3.8, 4) is 5.75 Å². The number of nitrogens with zero attached hydrogens (tertiary/aromatic N) is 2. The highest BCUT2D eigenvalue weighted by Crippen LogP contribution is 2.24. The van der Waals surface area contributed by atoms with Crippen LogP contribution in [0.5, 0.6) is 5.75 Å². The number of hydrogen-bond acceptors (Lipinski definition) is 3. The van der Waals surface area contributed by atoms with Gasteiger partial charge in [0.1, 0.15) is 5.75 Å². The van der Waals surface area contributed by atoms with Crippen molar-refractivity contribution in [1.29, 1.82) is 0 Å². The van der Waals surface area contributed by atoms with E-state index in [1.165, 1.54) is 0 Å². The maximum absolute atomic E-state index is 12.2. The van der Waals surface area contributed by atoms with Crippen LogP contribution in [0, 0.1) is 0 Å². The second-order valence-electron chi connectivity index (χ2n) is 4.29. The van der Waals surface area contributed by atoms with Crippen LogP contribution in [0.1, 0.15) is 22.3 Å². The molecule has 1 aromatic heterocycles. The molecule has 0 amide bonds. The highest BCUT2D eigenvalue weighted by Gasteiger charge is 2.12. The minimum absolute atomic E-state index is 0.0922. The van der Waals surface area contributed by atoms with Crippen LogP contribution in [0.3, 0.4) is 0 Å². The second-order valence-corrected chi connectivity index (χ2v) is 5.15. The average Bonchev–Trinajstić information content (AvgIpc) is 2.82. The lowest BCUT2D eigenvalue weighted by Gasteiger charge is -2.06. The van der Waals surface area contributed by atoms with Gasteiger partial charge in [-0.25, -0.2) is 0 Å². The lowest BCUT2D eigenvalue weighted by atomic mass is 10.0. The number of ether oxygens (including phenoxy) is 1. The van der Waals surface area contributed by atoms with Gasteiger partial charge >= 0.3 is 0 Å². The van der Waals surface area contributed by atoms with Crippen LogP contribution in [0.15, 0.2) is 35.1 Å². The molecule has 0 aliphatic heterocycles. The zero-order valence-electron chi connectivity index (χ0n) is 10.9. The third kappa shape index (κ3) is 3.44. The van der Waals surface area contributed by atoms with E-state index in [0.717, 1.165) is 10.0 Å². The van der Waals surface area contributed by atoms with E-state index in [-0.39, 0.29) is 5.78 Å². The second kappa shape index (κ2) is 6.02. The molecule has 2 rings (SSSR count).